The van der Waals surface area contributed by atoms with Crippen molar-refractivity contribution in [3.63, 3.8) is 0 Å². The van der Waals surface area contributed by atoms with E-state index in [1.165, 1.54) is 6.20 Å². The normalized spacial score (nSPS) is 11.7. The van der Waals surface area contributed by atoms with Gasteiger partial charge in [0, 0.05) is 18.9 Å². The summed E-state index contributed by atoms with van der Waals surface area (Å²) in [4.78, 5) is 16.7. The van der Waals surface area contributed by atoms with Crippen LogP contribution >= 0.6 is 0 Å². The van der Waals surface area contributed by atoms with Crippen molar-refractivity contribution < 1.29 is 13.2 Å². The van der Waals surface area contributed by atoms with Gasteiger partial charge < -0.3 is 5.32 Å². The van der Waals surface area contributed by atoms with Crippen LogP contribution in [-0.2, 0) is 21.7 Å². The molecule has 8 heteroatoms. The van der Waals surface area contributed by atoms with Crippen molar-refractivity contribution >= 4 is 32.5 Å². The molecule has 0 aliphatic carbocycles. The highest BCUT2D eigenvalue weighted by Gasteiger charge is 2.17. The number of pyridine rings is 1. The van der Waals surface area contributed by atoms with Gasteiger partial charge in [-0.2, -0.15) is 5.10 Å². The fraction of sp³-hybridized carbons (Fsp3) is 0.278. The highest BCUT2D eigenvalue weighted by molar-refractivity contribution is 7.91. The highest BCUT2D eigenvalue weighted by atomic mass is 32.2. The van der Waals surface area contributed by atoms with Gasteiger partial charge in [-0.05, 0) is 32.0 Å². The lowest BCUT2D eigenvalue weighted by Crippen LogP contribution is -2.17. The van der Waals surface area contributed by atoms with Gasteiger partial charge in [-0.3, -0.25) is 9.48 Å². The summed E-state index contributed by atoms with van der Waals surface area (Å²) in [6.07, 6.45) is 1.41. The molecule has 3 rings (SSSR count). The number of aromatic nitrogens is 3. The van der Waals surface area contributed by atoms with Gasteiger partial charge in [0.25, 0.3) is 0 Å². The van der Waals surface area contributed by atoms with Crippen molar-refractivity contribution in [2.45, 2.75) is 25.2 Å². The molecule has 0 atom stereocenters. The molecular weight excluding hydrogens is 352 g/mol. The van der Waals surface area contributed by atoms with Crippen LogP contribution < -0.4 is 5.32 Å². The minimum atomic E-state index is -3.49. The molecule has 0 spiro atoms. The Hall–Kier alpha value is -2.74. The van der Waals surface area contributed by atoms with Crippen LogP contribution in [0.2, 0.25) is 0 Å². The zero-order valence-corrected chi connectivity index (χ0v) is 15.7. The van der Waals surface area contributed by atoms with Crippen LogP contribution in [-0.4, -0.2) is 34.8 Å². The molecule has 136 valence electrons. The van der Waals surface area contributed by atoms with E-state index in [0.29, 0.717) is 5.69 Å². The number of benzene rings is 1. The summed E-state index contributed by atoms with van der Waals surface area (Å²) in [7, 11) is -1.69. The number of amides is 1. The number of hydrogen-bond donors (Lipinski definition) is 1. The van der Waals surface area contributed by atoms with Gasteiger partial charge in [-0.25, -0.2) is 13.4 Å². The van der Waals surface area contributed by atoms with Crippen molar-refractivity contribution in [1.29, 1.82) is 0 Å². The molecule has 0 aliphatic rings. The summed E-state index contributed by atoms with van der Waals surface area (Å²) in [6.45, 7) is 3.75. The number of hydrogen-bond acceptors (Lipinski definition) is 5. The van der Waals surface area contributed by atoms with E-state index in [1.807, 2.05) is 13.8 Å². The Morgan fingerprint density at radius 1 is 1.19 bits per heavy atom. The lowest BCUT2D eigenvalue weighted by atomic mass is 10.2. The van der Waals surface area contributed by atoms with Crippen LogP contribution in [0.5, 0.6) is 0 Å². The summed E-state index contributed by atoms with van der Waals surface area (Å²) in [5.74, 6) is -0.618. The molecule has 3 aromatic rings. The predicted molar refractivity (Wildman–Crippen MR) is 99.7 cm³/mol. The number of nitrogens with one attached hydrogen (secondary N) is 1. The summed E-state index contributed by atoms with van der Waals surface area (Å²) in [6, 6.07) is 8.39. The standard InChI is InChI=1S/C18H20N4O3S/c1-12-4-6-15(7-5-12)26(24,25)9-8-17(23)20-14-10-16-13(2)21-22(3)18(16)19-11-14/h4-7,10-11H,8-9H2,1-3H3,(H,20,23). The molecular formula is C18H20N4O3S. The molecule has 0 fully saturated rings. The third-order valence-electron chi connectivity index (χ3n) is 4.12. The number of anilines is 1. The van der Waals surface area contributed by atoms with Crippen molar-refractivity contribution in [1.82, 2.24) is 14.8 Å². The molecule has 0 bridgehead atoms. The number of aryl methyl sites for hydroxylation is 3. The first-order valence-corrected chi connectivity index (χ1v) is 9.80. The molecule has 1 amide bonds. The van der Waals surface area contributed by atoms with Crippen molar-refractivity contribution in [3.8, 4) is 0 Å². The number of fused-ring (bicyclic) bond motifs is 1. The van der Waals surface area contributed by atoms with E-state index >= 15 is 0 Å². The van der Waals surface area contributed by atoms with Crippen LogP contribution in [0.3, 0.4) is 0 Å². The molecule has 26 heavy (non-hydrogen) atoms. The number of nitrogens with zero attached hydrogens (tertiary/aromatic N) is 3. The molecule has 0 saturated carbocycles. The minimum absolute atomic E-state index is 0.125. The van der Waals surface area contributed by atoms with Crippen LogP contribution in [0.4, 0.5) is 5.69 Å². The molecule has 1 aromatic carbocycles. The van der Waals surface area contributed by atoms with E-state index in [-0.39, 0.29) is 23.0 Å². The first-order valence-electron chi connectivity index (χ1n) is 8.15. The molecule has 0 saturated heterocycles. The van der Waals surface area contributed by atoms with Crippen molar-refractivity contribution in [2.75, 3.05) is 11.1 Å². The number of rotatable bonds is 5. The van der Waals surface area contributed by atoms with Gasteiger partial charge in [0.2, 0.25) is 5.91 Å². The fourth-order valence-electron chi connectivity index (χ4n) is 2.69. The summed E-state index contributed by atoms with van der Waals surface area (Å²) < 4.78 is 26.3. The molecule has 7 nitrogen and oxygen atoms in total. The monoisotopic (exact) mass is 372 g/mol. The average molecular weight is 372 g/mol. The molecule has 0 unspecified atom stereocenters. The smallest absolute Gasteiger partial charge is 0.225 e. The minimum Gasteiger partial charge on any atom is -0.325 e. The fourth-order valence-corrected chi connectivity index (χ4v) is 3.93. The van der Waals surface area contributed by atoms with E-state index < -0.39 is 9.84 Å². The quantitative estimate of drug-likeness (QED) is 0.742. The lowest BCUT2D eigenvalue weighted by Gasteiger charge is -2.07. The SMILES string of the molecule is Cc1ccc(S(=O)(=O)CCC(=O)Nc2cnc3c(c2)c(C)nn3C)cc1. The van der Waals surface area contributed by atoms with Crippen LogP contribution in [0, 0.1) is 13.8 Å². The van der Waals surface area contributed by atoms with Gasteiger partial charge in [0.1, 0.15) is 0 Å². The predicted octanol–water partition coefficient (Wildman–Crippen LogP) is 2.39. The lowest BCUT2D eigenvalue weighted by molar-refractivity contribution is -0.115. The maximum absolute atomic E-state index is 12.3. The second-order valence-electron chi connectivity index (χ2n) is 6.23. The zero-order valence-electron chi connectivity index (χ0n) is 14.9. The number of carbonyl (C=O) groups excluding carboxylic acids is 1. The van der Waals surface area contributed by atoms with E-state index in [4.69, 9.17) is 0 Å². The van der Waals surface area contributed by atoms with E-state index in [2.05, 4.69) is 15.4 Å². The number of sulfone groups is 1. The molecule has 0 radical (unpaired) electrons. The third-order valence-corrected chi connectivity index (χ3v) is 5.86. The van der Waals surface area contributed by atoms with E-state index in [9.17, 15) is 13.2 Å². The summed E-state index contributed by atoms with van der Waals surface area (Å²) >= 11 is 0. The van der Waals surface area contributed by atoms with E-state index in [1.54, 1.807) is 42.1 Å². The molecule has 2 aromatic heterocycles. The second kappa shape index (κ2) is 6.87. The Bertz CT molecular complexity index is 1070. The second-order valence-corrected chi connectivity index (χ2v) is 8.34. The van der Waals surface area contributed by atoms with Crippen LogP contribution in [0.1, 0.15) is 17.7 Å². The third kappa shape index (κ3) is 3.75. The van der Waals surface area contributed by atoms with E-state index in [0.717, 1.165) is 22.3 Å². The molecule has 2 heterocycles. The van der Waals surface area contributed by atoms with Gasteiger partial charge in [0.15, 0.2) is 15.5 Å². The Balaban J connectivity index is 1.67. The van der Waals surface area contributed by atoms with Gasteiger partial charge >= 0.3 is 0 Å². The average Bonchev–Trinajstić information content (AvgIpc) is 2.87. The van der Waals surface area contributed by atoms with Gasteiger partial charge in [0.05, 0.1) is 28.2 Å². The van der Waals surface area contributed by atoms with Crippen LogP contribution in [0.25, 0.3) is 11.0 Å². The topological polar surface area (TPSA) is 93.9 Å². The number of carbonyl (C=O) groups is 1. The maximum Gasteiger partial charge on any atom is 0.225 e. The Labute approximate surface area is 152 Å². The van der Waals surface area contributed by atoms with Gasteiger partial charge in [-0.15, -0.1) is 0 Å². The summed E-state index contributed by atoms with van der Waals surface area (Å²) in [5, 5.41) is 7.83. The Kier molecular flexibility index (Phi) is 4.78. The first-order chi connectivity index (χ1) is 12.3. The summed E-state index contributed by atoms with van der Waals surface area (Å²) in [5.41, 5.74) is 3.04. The molecule has 0 aliphatic heterocycles. The highest BCUT2D eigenvalue weighted by Crippen LogP contribution is 2.19. The van der Waals surface area contributed by atoms with Crippen molar-refractivity contribution in [3.05, 3.63) is 47.8 Å². The Morgan fingerprint density at radius 3 is 2.58 bits per heavy atom. The zero-order chi connectivity index (χ0) is 18.9. The van der Waals surface area contributed by atoms with Gasteiger partial charge in [-0.1, -0.05) is 17.7 Å². The maximum atomic E-state index is 12.3. The van der Waals surface area contributed by atoms with Crippen molar-refractivity contribution in [2.24, 2.45) is 7.05 Å². The largest absolute Gasteiger partial charge is 0.325 e. The first kappa shape index (κ1) is 18.1. The van der Waals surface area contributed by atoms with Crippen LogP contribution in [0.15, 0.2) is 41.4 Å². The Morgan fingerprint density at radius 2 is 1.88 bits per heavy atom. The molecule has 1 N–H and O–H groups in total.